The van der Waals surface area contributed by atoms with Crippen molar-refractivity contribution in [3.05, 3.63) is 17.7 Å². The van der Waals surface area contributed by atoms with E-state index in [0.29, 0.717) is 12.7 Å². The van der Waals surface area contributed by atoms with Crippen LogP contribution in [0.1, 0.15) is 11.5 Å². The molecule has 0 aromatic carbocycles. The second kappa shape index (κ2) is 4.60. The van der Waals surface area contributed by atoms with Crippen LogP contribution in [0.2, 0.25) is 0 Å². The summed E-state index contributed by atoms with van der Waals surface area (Å²) >= 11 is 0. The van der Waals surface area contributed by atoms with Crippen molar-refractivity contribution >= 4 is 12.4 Å². The number of imidazole rings is 1. The fraction of sp³-hybridized carbons (Fsp3) is 0.625. The van der Waals surface area contributed by atoms with Gasteiger partial charge in [-0.05, 0) is 6.92 Å². The minimum atomic E-state index is 0. The zero-order valence-electron chi connectivity index (χ0n) is 7.54. The first-order valence-electron chi connectivity index (χ1n) is 4.17. The number of H-pyrrole nitrogens is 1. The van der Waals surface area contributed by atoms with E-state index in [2.05, 4.69) is 15.3 Å². The molecule has 0 atom stereocenters. The van der Waals surface area contributed by atoms with E-state index in [9.17, 15) is 0 Å². The Labute approximate surface area is 83.5 Å². The zero-order valence-corrected chi connectivity index (χ0v) is 8.36. The van der Waals surface area contributed by atoms with Gasteiger partial charge in [0.15, 0.2) is 0 Å². The molecule has 5 heteroatoms. The van der Waals surface area contributed by atoms with Crippen molar-refractivity contribution in [2.75, 3.05) is 13.1 Å². The lowest BCUT2D eigenvalue weighted by Crippen LogP contribution is -2.48. The van der Waals surface area contributed by atoms with Crippen molar-refractivity contribution in [1.29, 1.82) is 0 Å². The van der Waals surface area contributed by atoms with Crippen LogP contribution in [-0.2, 0) is 11.3 Å². The quantitative estimate of drug-likeness (QED) is 0.758. The van der Waals surface area contributed by atoms with E-state index >= 15 is 0 Å². The molecule has 2 rings (SSSR count). The molecule has 4 nitrogen and oxygen atoms in total. The number of aromatic nitrogens is 2. The maximum Gasteiger partial charge on any atom is 0.132 e. The van der Waals surface area contributed by atoms with E-state index in [1.165, 1.54) is 0 Å². The van der Waals surface area contributed by atoms with Crippen molar-refractivity contribution in [2.24, 2.45) is 0 Å². The van der Waals surface area contributed by atoms with Crippen molar-refractivity contribution < 1.29 is 4.74 Å². The predicted molar refractivity (Wildman–Crippen MR) is 52.0 cm³/mol. The van der Waals surface area contributed by atoms with Crippen LogP contribution >= 0.6 is 12.4 Å². The molecule has 1 aliphatic rings. The van der Waals surface area contributed by atoms with Gasteiger partial charge in [-0.1, -0.05) is 0 Å². The average Bonchev–Trinajstić information content (AvgIpc) is 2.32. The number of halogens is 1. The van der Waals surface area contributed by atoms with E-state index < -0.39 is 0 Å². The molecular formula is C8H14ClN3O. The standard InChI is InChI=1S/C8H13N3O.ClH/c1-6-2-10-8(11-6)5-12-7-3-9-4-7;/h2,7,9H,3-5H2,1H3,(H,10,11);1H. The number of nitrogens with zero attached hydrogens (tertiary/aromatic N) is 1. The summed E-state index contributed by atoms with van der Waals surface area (Å²) in [6.07, 6.45) is 2.20. The van der Waals surface area contributed by atoms with Gasteiger partial charge in [0.05, 0.1) is 6.10 Å². The fourth-order valence-electron chi connectivity index (χ4n) is 1.12. The van der Waals surface area contributed by atoms with Gasteiger partial charge in [0, 0.05) is 25.0 Å². The van der Waals surface area contributed by atoms with E-state index in [-0.39, 0.29) is 12.4 Å². The van der Waals surface area contributed by atoms with E-state index in [0.717, 1.165) is 24.6 Å². The first kappa shape index (κ1) is 10.5. The molecule has 13 heavy (non-hydrogen) atoms. The van der Waals surface area contributed by atoms with Gasteiger partial charge in [0.25, 0.3) is 0 Å². The lowest BCUT2D eigenvalue weighted by Gasteiger charge is -2.26. The maximum atomic E-state index is 5.52. The highest BCUT2D eigenvalue weighted by molar-refractivity contribution is 5.85. The molecule has 0 bridgehead atoms. The van der Waals surface area contributed by atoms with Gasteiger partial charge in [-0.2, -0.15) is 0 Å². The molecule has 1 aromatic heterocycles. The Morgan fingerprint density at radius 2 is 2.38 bits per heavy atom. The Morgan fingerprint density at radius 1 is 1.62 bits per heavy atom. The topological polar surface area (TPSA) is 49.9 Å². The first-order valence-corrected chi connectivity index (χ1v) is 4.17. The summed E-state index contributed by atoms with van der Waals surface area (Å²) in [5.41, 5.74) is 1.08. The number of aromatic amines is 1. The molecule has 0 unspecified atom stereocenters. The largest absolute Gasteiger partial charge is 0.368 e. The number of hydrogen-bond donors (Lipinski definition) is 2. The smallest absolute Gasteiger partial charge is 0.132 e. The lowest BCUT2D eigenvalue weighted by atomic mass is 10.2. The van der Waals surface area contributed by atoms with E-state index in [1.54, 1.807) is 0 Å². The predicted octanol–water partition coefficient (Wildman–Crippen LogP) is 0.628. The summed E-state index contributed by atoms with van der Waals surface area (Å²) in [7, 11) is 0. The molecule has 0 saturated carbocycles. The van der Waals surface area contributed by atoms with E-state index in [1.807, 2.05) is 13.1 Å². The Balaban J connectivity index is 0.000000845. The van der Waals surface area contributed by atoms with Crippen LogP contribution < -0.4 is 5.32 Å². The van der Waals surface area contributed by atoms with Crippen molar-refractivity contribution in [3.63, 3.8) is 0 Å². The van der Waals surface area contributed by atoms with Crippen LogP contribution in [0.25, 0.3) is 0 Å². The molecule has 0 radical (unpaired) electrons. The van der Waals surface area contributed by atoms with Crippen LogP contribution in [0, 0.1) is 6.92 Å². The number of rotatable bonds is 3. The minimum Gasteiger partial charge on any atom is -0.368 e. The zero-order chi connectivity index (χ0) is 8.39. The summed E-state index contributed by atoms with van der Waals surface area (Å²) < 4.78 is 5.52. The third-order valence-corrected chi connectivity index (χ3v) is 1.96. The SMILES string of the molecule is Cc1cnc(COC2CNC2)[nH]1.Cl. The summed E-state index contributed by atoms with van der Waals surface area (Å²) in [5.74, 6) is 0.916. The highest BCUT2D eigenvalue weighted by atomic mass is 35.5. The van der Waals surface area contributed by atoms with Gasteiger partial charge >= 0.3 is 0 Å². The molecule has 1 fully saturated rings. The second-order valence-electron chi connectivity index (χ2n) is 3.10. The minimum absolute atomic E-state index is 0. The number of aryl methyl sites for hydroxylation is 1. The molecule has 74 valence electrons. The Kier molecular flexibility index (Phi) is 3.71. The average molecular weight is 204 g/mol. The van der Waals surface area contributed by atoms with Crippen LogP contribution in [0.4, 0.5) is 0 Å². The fourth-order valence-corrected chi connectivity index (χ4v) is 1.12. The summed E-state index contributed by atoms with van der Waals surface area (Å²) in [5, 5.41) is 3.15. The van der Waals surface area contributed by atoms with Crippen LogP contribution in [-0.4, -0.2) is 29.2 Å². The molecule has 1 aromatic rings. The van der Waals surface area contributed by atoms with Crippen molar-refractivity contribution in [3.8, 4) is 0 Å². The van der Waals surface area contributed by atoms with Crippen LogP contribution in [0.3, 0.4) is 0 Å². The number of nitrogens with one attached hydrogen (secondary N) is 2. The molecule has 0 amide bonds. The van der Waals surface area contributed by atoms with Gasteiger partial charge in [-0.15, -0.1) is 12.4 Å². The third kappa shape index (κ3) is 2.69. The summed E-state index contributed by atoms with van der Waals surface area (Å²) in [6, 6.07) is 0. The molecule has 2 heterocycles. The van der Waals surface area contributed by atoms with Crippen LogP contribution in [0.5, 0.6) is 0 Å². The van der Waals surface area contributed by atoms with Crippen LogP contribution in [0.15, 0.2) is 6.20 Å². The molecular weight excluding hydrogens is 190 g/mol. The highest BCUT2D eigenvalue weighted by Gasteiger charge is 2.17. The lowest BCUT2D eigenvalue weighted by molar-refractivity contribution is 0.00466. The third-order valence-electron chi connectivity index (χ3n) is 1.96. The number of hydrogen-bond acceptors (Lipinski definition) is 3. The highest BCUT2D eigenvalue weighted by Crippen LogP contribution is 2.03. The van der Waals surface area contributed by atoms with E-state index in [4.69, 9.17) is 4.74 Å². The first-order chi connectivity index (χ1) is 5.84. The Bertz CT molecular complexity index is 260. The van der Waals surface area contributed by atoms with Gasteiger partial charge in [-0.25, -0.2) is 4.98 Å². The normalized spacial score (nSPS) is 16.4. The molecule has 1 aliphatic heterocycles. The van der Waals surface area contributed by atoms with Gasteiger partial charge in [0.1, 0.15) is 12.4 Å². The molecule has 0 spiro atoms. The summed E-state index contributed by atoms with van der Waals surface area (Å²) in [4.78, 5) is 7.27. The number of ether oxygens (including phenoxy) is 1. The van der Waals surface area contributed by atoms with Gasteiger partial charge < -0.3 is 15.0 Å². The van der Waals surface area contributed by atoms with Gasteiger partial charge in [0.2, 0.25) is 0 Å². The summed E-state index contributed by atoms with van der Waals surface area (Å²) in [6.45, 7) is 4.53. The van der Waals surface area contributed by atoms with Crippen molar-refractivity contribution in [2.45, 2.75) is 19.6 Å². The maximum absolute atomic E-state index is 5.52. The Morgan fingerprint density at radius 3 is 2.85 bits per heavy atom. The molecule has 0 aliphatic carbocycles. The van der Waals surface area contributed by atoms with Crippen molar-refractivity contribution in [1.82, 2.24) is 15.3 Å². The molecule has 2 N–H and O–H groups in total. The second-order valence-corrected chi connectivity index (χ2v) is 3.10. The molecule has 1 saturated heterocycles. The monoisotopic (exact) mass is 203 g/mol. The Hall–Kier alpha value is -0.580. The van der Waals surface area contributed by atoms with Gasteiger partial charge in [-0.3, -0.25) is 0 Å².